The molecule has 5 nitrogen and oxygen atoms in total. The van der Waals surface area contributed by atoms with E-state index >= 15 is 0 Å². The minimum atomic E-state index is -0.654. The van der Waals surface area contributed by atoms with E-state index in [1.165, 1.54) is 6.07 Å². The van der Waals surface area contributed by atoms with Gasteiger partial charge in [0, 0.05) is 17.3 Å². The molecule has 0 saturated carbocycles. The lowest BCUT2D eigenvalue weighted by molar-refractivity contribution is 0.0848. The Bertz CT molecular complexity index is 708. The Balaban J connectivity index is 2.23. The summed E-state index contributed by atoms with van der Waals surface area (Å²) in [5.74, 6) is -0.473. The van der Waals surface area contributed by atoms with Crippen LogP contribution in [-0.2, 0) is 0 Å². The number of hydrogen-bond donors (Lipinski definition) is 2. The van der Waals surface area contributed by atoms with Crippen LogP contribution in [0.4, 0.5) is 0 Å². The maximum absolute atomic E-state index is 12.3. The summed E-state index contributed by atoms with van der Waals surface area (Å²) in [5, 5.41) is 13.0. The zero-order chi connectivity index (χ0) is 16.2. The number of aliphatic hydroxyl groups is 1. The second kappa shape index (κ2) is 6.75. The van der Waals surface area contributed by atoms with Crippen molar-refractivity contribution in [2.75, 3.05) is 13.2 Å². The Morgan fingerprint density at radius 1 is 1.27 bits per heavy atom. The highest BCUT2D eigenvalue weighted by Crippen LogP contribution is 2.24. The van der Waals surface area contributed by atoms with E-state index in [9.17, 15) is 14.7 Å². The second-order valence-corrected chi connectivity index (χ2v) is 5.53. The molecule has 2 rings (SSSR count). The molecule has 1 heterocycles. The molecule has 1 amide bonds. The van der Waals surface area contributed by atoms with Crippen LogP contribution < -0.4 is 10.9 Å². The van der Waals surface area contributed by atoms with Gasteiger partial charge >= 0.3 is 5.63 Å². The van der Waals surface area contributed by atoms with E-state index in [2.05, 4.69) is 5.32 Å². The summed E-state index contributed by atoms with van der Waals surface area (Å²) in [6.45, 7) is 4.25. The number of benzene rings is 1. The minimum absolute atomic E-state index is 0.00733. The summed E-state index contributed by atoms with van der Waals surface area (Å²) < 4.78 is 5.16. The van der Waals surface area contributed by atoms with Gasteiger partial charge in [-0.2, -0.15) is 0 Å². The molecule has 5 heteroatoms. The van der Waals surface area contributed by atoms with Crippen LogP contribution in [0.15, 0.2) is 39.5 Å². The Labute approximate surface area is 129 Å². The molecule has 0 atom stereocenters. The number of nitrogens with one attached hydrogen (secondary N) is 1. The van der Waals surface area contributed by atoms with Crippen molar-refractivity contribution in [3.8, 4) is 0 Å². The van der Waals surface area contributed by atoms with Crippen LogP contribution in [0.25, 0.3) is 11.0 Å². The van der Waals surface area contributed by atoms with E-state index in [4.69, 9.17) is 4.42 Å². The molecule has 0 unspecified atom stereocenters. The van der Waals surface area contributed by atoms with Crippen molar-refractivity contribution in [1.82, 2.24) is 5.32 Å². The maximum Gasteiger partial charge on any atom is 0.349 e. The summed E-state index contributed by atoms with van der Waals surface area (Å²) in [7, 11) is 0. The molecule has 118 valence electrons. The molecule has 1 aromatic carbocycles. The fourth-order valence-electron chi connectivity index (χ4n) is 2.36. The molecule has 22 heavy (non-hydrogen) atoms. The fraction of sp³-hybridized carbons (Fsp3) is 0.412. The lowest BCUT2D eigenvalue weighted by atomic mass is 9.83. The first-order valence-corrected chi connectivity index (χ1v) is 7.47. The van der Waals surface area contributed by atoms with Crippen molar-refractivity contribution in [2.24, 2.45) is 5.41 Å². The van der Waals surface area contributed by atoms with Gasteiger partial charge in [0.2, 0.25) is 0 Å². The standard InChI is InChI=1S/C17H21NO4/c1-3-17(4-2,11-19)10-18-15(20)13-9-12-7-5-6-8-14(12)22-16(13)21/h5-9,19H,3-4,10-11H2,1-2H3,(H,18,20). The highest BCUT2D eigenvalue weighted by molar-refractivity contribution is 5.96. The molecular weight excluding hydrogens is 282 g/mol. The number of carbonyl (C=O) groups is 1. The zero-order valence-electron chi connectivity index (χ0n) is 12.9. The molecule has 2 N–H and O–H groups in total. The van der Waals surface area contributed by atoms with Crippen LogP contribution in [0.2, 0.25) is 0 Å². The summed E-state index contributed by atoms with van der Waals surface area (Å²) in [6, 6.07) is 8.58. The molecule has 0 aliphatic carbocycles. The van der Waals surface area contributed by atoms with Crippen molar-refractivity contribution in [3.63, 3.8) is 0 Å². The Kier molecular flexibility index (Phi) is 4.98. The lowest BCUT2D eigenvalue weighted by Crippen LogP contribution is -2.40. The van der Waals surface area contributed by atoms with Crippen LogP contribution >= 0.6 is 0 Å². The first kappa shape index (κ1) is 16.2. The van der Waals surface area contributed by atoms with Gasteiger partial charge in [0.1, 0.15) is 11.1 Å². The number of fused-ring (bicyclic) bond motifs is 1. The van der Waals surface area contributed by atoms with E-state index in [-0.39, 0.29) is 17.6 Å². The van der Waals surface area contributed by atoms with Crippen LogP contribution in [-0.4, -0.2) is 24.2 Å². The summed E-state index contributed by atoms with van der Waals surface area (Å²) >= 11 is 0. The highest BCUT2D eigenvalue weighted by atomic mass is 16.4. The van der Waals surface area contributed by atoms with E-state index in [0.29, 0.717) is 17.5 Å². The quantitative estimate of drug-likeness (QED) is 0.803. The third kappa shape index (κ3) is 3.20. The molecule has 2 aromatic rings. The first-order valence-electron chi connectivity index (χ1n) is 7.47. The van der Waals surface area contributed by atoms with Gasteiger partial charge in [-0.15, -0.1) is 0 Å². The van der Waals surface area contributed by atoms with E-state index in [0.717, 1.165) is 12.8 Å². The largest absolute Gasteiger partial charge is 0.422 e. The monoisotopic (exact) mass is 303 g/mol. The van der Waals surface area contributed by atoms with Gasteiger partial charge in [-0.25, -0.2) is 4.79 Å². The lowest BCUT2D eigenvalue weighted by Gasteiger charge is -2.29. The minimum Gasteiger partial charge on any atom is -0.422 e. The summed E-state index contributed by atoms with van der Waals surface area (Å²) in [5.41, 5.74) is -0.570. The van der Waals surface area contributed by atoms with Gasteiger partial charge < -0.3 is 14.8 Å². The highest BCUT2D eigenvalue weighted by Gasteiger charge is 2.26. The van der Waals surface area contributed by atoms with Crippen molar-refractivity contribution < 1.29 is 14.3 Å². The van der Waals surface area contributed by atoms with Crippen molar-refractivity contribution in [3.05, 3.63) is 46.3 Å². The van der Waals surface area contributed by atoms with Crippen LogP contribution in [0.1, 0.15) is 37.0 Å². The summed E-state index contributed by atoms with van der Waals surface area (Å²) in [4.78, 5) is 24.2. The Morgan fingerprint density at radius 3 is 2.59 bits per heavy atom. The molecule has 0 fully saturated rings. The molecule has 0 bridgehead atoms. The van der Waals surface area contributed by atoms with Gasteiger partial charge in [0.15, 0.2) is 0 Å². The number of aliphatic hydroxyl groups excluding tert-OH is 1. The third-order valence-corrected chi connectivity index (χ3v) is 4.35. The Morgan fingerprint density at radius 2 is 1.95 bits per heavy atom. The van der Waals surface area contributed by atoms with E-state index in [1.807, 2.05) is 19.9 Å². The molecule has 0 radical (unpaired) electrons. The topological polar surface area (TPSA) is 79.5 Å². The SMILES string of the molecule is CCC(CC)(CO)CNC(=O)c1cc2ccccc2oc1=O. The van der Waals surface area contributed by atoms with Crippen molar-refractivity contribution in [2.45, 2.75) is 26.7 Å². The molecule has 0 aliphatic heterocycles. The molecule has 0 spiro atoms. The smallest absolute Gasteiger partial charge is 0.349 e. The number of rotatable bonds is 6. The van der Waals surface area contributed by atoms with Gasteiger partial charge in [0.25, 0.3) is 5.91 Å². The number of carbonyl (C=O) groups excluding carboxylic acids is 1. The predicted octanol–water partition coefficient (Wildman–Crippen LogP) is 2.32. The van der Waals surface area contributed by atoms with Gasteiger partial charge in [0.05, 0.1) is 6.61 Å². The van der Waals surface area contributed by atoms with Gasteiger partial charge in [-0.05, 0) is 25.0 Å². The van der Waals surface area contributed by atoms with Gasteiger partial charge in [-0.3, -0.25) is 4.79 Å². The summed E-state index contributed by atoms with van der Waals surface area (Å²) in [6.07, 6.45) is 1.49. The number of amides is 1. The van der Waals surface area contributed by atoms with Crippen LogP contribution in [0, 0.1) is 5.41 Å². The molecule has 0 aliphatic rings. The average Bonchev–Trinajstić information content (AvgIpc) is 2.55. The average molecular weight is 303 g/mol. The van der Waals surface area contributed by atoms with Crippen molar-refractivity contribution in [1.29, 1.82) is 0 Å². The Hall–Kier alpha value is -2.14. The zero-order valence-corrected chi connectivity index (χ0v) is 12.9. The molecule has 1 aromatic heterocycles. The number of para-hydroxylation sites is 1. The van der Waals surface area contributed by atoms with Crippen LogP contribution in [0.3, 0.4) is 0 Å². The first-order chi connectivity index (χ1) is 10.5. The fourth-order valence-corrected chi connectivity index (χ4v) is 2.36. The second-order valence-electron chi connectivity index (χ2n) is 5.53. The predicted molar refractivity (Wildman–Crippen MR) is 84.9 cm³/mol. The normalized spacial score (nSPS) is 11.6. The van der Waals surface area contributed by atoms with E-state index in [1.54, 1.807) is 18.2 Å². The third-order valence-electron chi connectivity index (χ3n) is 4.35. The number of hydrogen-bond acceptors (Lipinski definition) is 4. The molecular formula is C17H21NO4. The maximum atomic E-state index is 12.3. The van der Waals surface area contributed by atoms with Crippen molar-refractivity contribution >= 4 is 16.9 Å². The van der Waals surface area contributed by atoms with Crippen LogP contribution in [0.5, 0.6) is 0 Å². The molecule has 0 saturated heterocycles. The van der Waals surface area contributed by atoms with E-state index < -0.39 is 11.5 Å². The van der Waals surface area contributed by atoms with Gasteiger partial charge in [-0.1, -0.05) is 32.0 Å².